The molecule has 0 aliphatic rings. The van der Waals surface area contributed by atoms with Gasteiger partial charge in [-0.25, -0.2) is 16.8 Å². The molecule has 0 saturated carbocycles. The molecule has 4 rings (SSSR count). The summed E-state index contributed by atoms with van der Waals surface area (Å²) < 4.78 is 49.0. The minimum atomic E-state index is -3.53. The molecule has 4 aromatic rings. The Labute approximate surface area is 238 Å². The second-order valence-electron chi connectivity index (χ2n) is 8.88. The van der Waals surface area contributed by atoms with Crippen LogP contribution in [-0.2, 0) is 19.7 Å². The van der Waals surface area contributed by atoms with E-state index >= 15 is 0 Å². The maximum Gasteiger partial charge on any atom is 0.178 e. The normalized spacial score (nSPS) is 12.5. The maximum absolute atomic E-state index is 12.3. The zero-order chi connectivity index (χ0) is 29.8. The second-order valence-corrected chi connectivity index (χ2v) is 13.4. The Morgan fingerprint density at radius 3 is 2.02 bits per heavy atom. The molecule has 11 nitrogen and oxygen atoms in total. The molecule has 0 saturated heterocycles. The van der Waals surface area contributed by atoms with Gasteiger partial charge in [0, 0.05) is 17.3 Å². The molecular formula is C28H29N5O6S2. The molecule has 0 fully saturated rings. The van der Waals surface area contributed by atoms with Crippen molar-refractivity contribution >= 4 is 58.9 Å². The molecule has 0 spiro atoms. The second kappa shape index (κ2) is 12.0. The molecule has 0 radical (unpaired) electrons. The van der Waals surface area contributed by atoms with Gasteiger partial charge in [-0.15, -0.1) is 15.3 Å². The van der Waals surface area contributed by atoms with E-state index < -0.39 is 19.7 Å². The SMILES string of the molecule is CCNc1ccc2c(O)c(/N=N/c3cc(S(=O)(=O)CC)ccc3O)ccc2c1/N=N/c1cccc(S(=O)(=O)CC)c1. The van der Waals surface area contributed by atoms with Crippen LogP contribution in [0.1, 0.15) is 20.8 Å². The molecule has 0 amide bonds. The third-order valence-corrected chi connectivity index (χ3v) is 9.73. The van der Waals surface area contributed by atoms with Crippen molar-refractivity contribution in [3.8, 4) is 11.5 Å². The van der Waals surface area contributed by atoms with Gasteiger partial charge in [0.25, 0.3) is 0 Å². The number of hydrogen-bond acceptors (Lipinski definition) is 11. The van der Waals surface area contributed by atoms with E-state index in [4.69, 9.17) is 0 Å². The maximum atomic E-state index is 12.3. The molecule has 0 heterocycles. The number of hydrogen-bond donors (Lipinski definition) is 3. The number of nitrogens with one attached hydrogen (secondary N) is 1. The van der Waals surface area contributed by atoms with E-state index in [9.17, 15) is 27.0 Å². The zero-order valence-electron chi connectivity index (χ0n) is 22.6. The van der Waals surface area contributed by atoms with Crippen molar-refractivity contribution in [1.29, 1.82) is 0 Å². The van der Waals surface area contributed by atoms with E-state index in [1.807, 2.05) is 6.92 Å². The first-order valence-electron chi connectivity index (χ1n) is 12.7. The first-order valence-corrected chi connectivity index (χ1v) is 16.1. The highest BCUT2D eigenvalue weighted by atomic mass is 32.2. The number of fused-ring (bicyclic) bond motifs is 1. The quantitative estimate of drug-likeness (QED) is 0.164. The van der Waals surface area contributed by atoms with Gasteiger partial charge in [-0.3, -0.25) is 0 Å². The molecule has 214 valence electrons. The van der Waals surface area contributed by atoms with Crippen LogP contribution in [0.15, 0.2) is 97.0 Å². The van der Waals surface area contributed by atoms with Gasteiger partial charge in [-0.05, 0) is 67.6 Å². The summed E-state index contributed by atoms with van der Waals surface area (Å²) in [6.45, 7) is 5.59. The topological polar surface area (TPSA) is 170 Å². The lowest BCUT2D eigenvalue weighted by molar-refractivity contribution is 0.475. The Hall–Kier alpha value is -4.36. The average Bonchev–Trinajstić information content (AvgIpc) is 2.97. The van der Waals surface area contributed by atoms with Crippen LogP contribution in [0.2, 0.25) is 0 Å². The highest BCUT2D eigenvalue weighted by Gasteiger charge is 2.16. The molecular weight excluding hydrogens is 566 g/mol. The Morgan fingerprint density at radius 1 is 0.683 bits per heavy atom. The van der Waals surface area contributed by atoms with E-state index in [1.165, 1.54) is 43.3 Å². The van der Waals surface area contributed by atoms with Gasteiger partial charge in [0.15, 0.2) is 25.4 Å². The van der Waals surface area contributed by atoms with Crippen molar-refractivity contribution in [1.82, 2.24) is 0 Å². The highest BCUT2D eigenvalue weighted by Crippen LogP contribution is 2.43. The van der Waals surface area contributed by atoms with E-state index in [-0.39, 0.29) is 44.2 Å². The summed E-state index contributed by atoms with van der Waals surface area (Å²) in [4.78, 5) is 0.149. The summed E-state index contributed by atoms with van der Waals surface area (Å²) in [5.74, 6) is -0.627. The summed E-state index contributed by atoms with van der Waals surface area (Å²) >= 11 is 0. The molecule has 41 heavy (non-hydrogen) atoms. The Morgan fingerprint density at radius 2 is 1.34 bits per heavy atom. The van der Waals surface area contributed by atoms with E-state index in [1.54, 1.807) is 37.3 Å². The van der Waals surface area contributed by atoms with Crippen LogP contribution in [0.25, 0.3) is 10.8 Å². The molecule has 0 aromatic heterocycles. The fourth-order valence-corrected chi connectivity index (χ4v) is 5.77. The Kier molecular flexibility index (Phi) is 8.69. The van der Waals surface area contributed by atoms with Crippen molar-refractivity contribution in [2.75, 3.05) is 23.4 Å². The number of azo groups is 2. The van der Waals surface area contributed by atoms with Crippen molar-refractivity contribution in [2.45, 2.75) is 30.6 Å². The monoisotopic (exact) mass is 595 g/mol. The van der Waals surface area contributed by atoms with Crippen LogP contribution >= 0.6 is 0 Å². The van der Waals surface area contributed by atoms with Gasteiger partial charge in [0.1, 0.15) is 22.8 Å². The van der Waals surface area contributed by atoms with Crippen LogP contribution in [0.3, 0.4) is 0 Å². The number of benzene rings is 4. The largest absolute Gasteiger partial charge is 0.506 e. The number of anilines is 1. The minimum Gasteiger partial charge on any atom is -0.506 e. The predicted molar refractivity (Wildman–Crippen MR) is 158 cm³/mol. The fraction of sp³-hybridized carbons (Fsp3) is 0.214. The lowest BCUT2D eigenvalue weighted by Gasteiger charge is -2.12. The average molecular weight is 596 g/mol. The fourth-order valence-electron chi connectivity index (χ4n) is 3.95. The van der Waals surface area contributed by atoms with Crippen LogP contribution in [0.4, 0.5) is 28.4 Å². The highest BCUT2D eigenvalue weighted by molar-refractivity contribution is 7.91. The van der Waals surface area contributed by atoms with Gasteiger partial charge < -0.3 is 15.5 Å². The summed E-state index contributed by atoms with van der Waals surface area (Å²) in [6.07, 6.45) is 0. The molecule has 0 aliphatic carbocycles. The van der Waals surface area contributed by atoms with E-state index in [0.717, 1.165) is 0 Å². The number of phenols is 2. The van der Waals surface area contributed by atoms with Gasteiger partial charge in [-0.2, -0.15) is 5.11 Å². The predicted octanol–water partition coefficient (Wildman–Crippen LogP) is 7.10. The zero-order valence-corrected chi connectivity index (χ0v) is 24.2. The van der Waals surface area contributed by atoms with Crippen molar-refractivity contribution < 1.29 is 27.0 Å². The van der Waals surface area contributed by atoms with E-state index in [0.29, 0.717) is 34.4 Å². The van der Waals surface area contributed by atoms with Gasteiger partial charge in [-0.1, -0.05) is 19.9 Å². The minimum absolute atomic E-state index is 0.00160. The van der Waals surface area contributed by atoms with Crippen LogP contribution in [-0.4, -0.2) is 45.1 Å². The van der Waals surface area contributed by atoms with Gasteiger partial charge >= 0.3 is 0 Å². The molecule has 0 unspecified atom stereocenters. The molecule has 0 atom stereocenters. The van der Waals surface area contributed by atoms with Crippen molar-refractivity contribution in [3.63, 3.8) is 0 Å². The lowest BCUT2D eigenvalue weighted by Crippen LogP contribution is -2.02. The summed E-state index contributed by atoms with van der Waals surface area (Å²) in [5.41, 5.74) is 1.43. The van der Waals surface area contributed by atoms with Gasteiger partial charge in [0.05, 0.1) is 32.7 Å². The number of rotatable bonds is 10. The standard InChI is InChI=1S/C28H29N5O6S2/c1-4-29-23-13-12-22-21(27(23)33-30-18-8-7-9-19(16-18)40(36,37)5-2)11-14-24(28(22)35)31-32-25-17-20(10-15-26(25)34)41(38,39)6-3/h7-17,29,34-35H,4-6H2,1-3H3/b32-31+,33-30+. The van der Waals surface area contributed by atoms with Crippen LogP contribution < -0.4 is 5.32 Å². The Bertz CT molecular complexity index is 1890. The third kappa shape index (κ3) is 6.36. The molecule has 0 aliphatic heterocycles. The van der Waals surface area contributed by atoms with Crippen molar-refractivity contribution in [3.05, 3.63) is 66.7 Å². The molecule has 3 N–H and O–H groups in total. The summed E-state index contributed by atoms with van der Waals surface area (Å²) in [6, 6.07) is 16.5. The van der Waals surface area contributed by atoms with E-state index in [2.05, 4.69) is 25.8 Å². The summed E-state index contributed by atoms with van der Waals surface area (Å²) in [5, 5.41) is 42.0. The van der Waals surface area contributed by atoms with Gasteiger partial charge in [0.2, 0.25) is 0 Å². The molecule has 0 bridgehead atoms. The summed E-state index contributed by atoms with van der Waals surface area (Å²) in [7, 11) is -6.94. The number of nitrogens with zero attached hydrogens (tertiary/aromatic N) is 4. The first-order chi connectivity index (χ1) is 19.5. The third-order valence-electron chi connectivity index (χ3n) is 6.26. The van der Waals surface area contributed by atoms with Crippen LogP contribution in [0.5, 0.6) is 11.5 Å². The molecule has 13 heteroatoms. The number of sulfone groups is 2. The van der Waals surface area contributed by atoms with Crippen LogP contribution in [0, 0.1) is 0 Å². The molecule has 4 aromatic carbocycles. The lowest BCUT2D eigenvalue weighted by atomic mass is 10.1. The Balaban J connectivity index is 1.76. The number of phenolic OH excluding ortho intramolecular Hbond substituents is 2. The smallest absolute Gasteiger partial charge is 0.178 e. The number of aromatic hydroxyl groups is 2. The first kappa shape index (κ1) is 29.6. The van der Waals surface area contributed by atoms with Crippen molar-refractivity contribution in [2.24, 2.45) is 20.5 Å².